The molecule has 0 aromatic heterocycles. The van der Waals surface area contributed by atoms with Crippen LogP contribution in [0, 0.1) is 0 Å². The van der Waals surface area contributed by atoms with E-state index in [4.69, 9.17) is 9.26 Å². The van der Waals surface area contributed by atoms with Crippen molar-refractivity contribution >= 4 is 13.5 Å². The molecule has 1 aliphatic rings. The molecule has 1 saturated carbocycles. The molecule has 0 saturated heterocycles. The Kier molecular flexibility index (Phi) is 8.35. The number of hydrogen-bond donors (Lipinski definition) is 1. The van der Waals surface area contributed by atoms with Gasteiger partial charge in [-0.25, -0.2) is 4.79 Å². The van der Waals surface area contributed by atoms with Crippen molar-refractivity contribution in [2.75, 3.05) is 18.9 Å². The average molecular weight is 319 g/mol. The van der Waals surface area contributed by atoms with Crippen molar-refractivity contribution in [1.29, 1.82) is 0 Å². The molecule has 21 heavy (non-hydrogen) atoms. The van der Waals surface area contributed by atoms with Crippen LogP contribution in [-0.4, -0.2) is 37.2 Å². The first-order valence-electron chi connectivity index (χ1n) is 8.22. The molecule has 0 radical (unpaired) electrons. The number of rotatable bonds is 9. The van der Waals surface area contributed by atoms with Crippen molar-refractivity contribution < 1.29 is 18.6 Å². The molecule has 1 N–H and O–H groups in total. The largest absolute Gasteiger partial charge is 0.450 e. The second-order valence-corrected chi connectivity index (χ2v) is 8.65. The zero-order valence-electron chi connectivity index (χ0n) is 13.6. The Morgan fingerprint density at radius 3 is 2.62 bits per heavy atom. The maximum absolute atomic E-state index is 12.5. The Balaban J connectivity index is 2.32. The van der Waals surface area contributed by atoms with Crippen LogP contribution in [0.2, 0.25) is 0 Å². The summed E-state index contributed by atoms with van der Waals surface area (Å²) < 4.78 is 23.5. The molecule has 3 unspecified atom stereocenters. The van der Waals surface area contributed by atoms with E-state index in [-0.39, 0.29) is 18.2 Å². The van der Waals surface area contributed by atoms with Crippen LogP contribution >= 0.6 is 7.37 Å². The summed E-state index contributed by atoms with van der Waals surface area (Å²) in [6, 6.07) is 0.0797. The van der Waals surface area contributed by atoms with Crippen LogP contribution in [0.3, 0.4) is 0 Å². The highest BCUT2D eigenvalue weighted by Gasteiger charge is 2.32. The summed E-state index contributed by atoms with van der Waals surface area (Å²) in [6.07, 6.45) is 6.13. The molecule has 0 aromatic carbocycles. The van der Waals surface area contributed by atoms with E-state index in [1.807, 2.05) is 13.8 Å². The van der Waals surface area contributed by atoms with E-state index in [9.17, 15) is 9.36 Å². The topological polar surface area (TPSA) is 64.6 Å². The van der Waals surface area contributed by atoms with E-state index in [2.05, 4.69) is 12.2 Å². The highest BCUT2D eigenvalue weighted by atomic mass is 31.2. The molecule has 0 spiro atoms. The zero-order chi connectivity index (χ0) is 15.7. The molecule has 0 heterocycles. The van der Waals surface area contributed by atoms with Gasteiger partial charge in [0.25, 0.3) is 0 Å². The summed E-state index contributed by atoms with van der Waals surface area (Å²) in [5.74, 6) is 0. The van der Waals surface area contributed by atoms with Crippen LogP contribution in [0.4, 0.5) is 4.79 Å². The summed E-state index contributed by atoms with van der Waals surface area (Å²) in [6.45, 7) is 6.47. The summed E-state index contributed by atoms with van der Waals surface area (Å²) in [7, 11) is -2.48. The molecule has 1 rings (SSSR count). The highest BCUT2D eigenvalue weighted by Crippen LogP contribution is 2.50. The predicted molar refractivity (Wildman–Crippen MR) is 85.2 cm³/mol. The third-order valence-electron chi connectivity index (χ3n) is 3.82. The van der Waals surface area contributed by atoms with Crippen molar-refractivity contribution in [2.24, 2.45) is 0 Å². The summed E-state index contributed by atoms with van der Waals surface area (Å²) in [4.78, 5) is 11.6. The van der Waals surface area contributed by atoms with Crippen molar-refractivity contribution in [3.63, 3.8) is 0 Å². The smallest absolute Gasteiger partial charge is 0.407 e. The van der Waals surface area contributed by atoms with E-state index in [0.29, 0.717) is 18.9 Å². The minimum atomic E-state index is -2.48. The van der Waals surface area contributed by atoms with Crippen molar-refractivity contribution in [2.45, 2.75) is 71.4 Å². The Morgan fingerprint density at radius 1 is 1.24 bits per heavy atom. The summed E-state index contributed by atoms with van der Waals surface area (Å²) >= 11 is 0. The van der Waals surface area contributed by atoms with Gasteiger partial charge >= 0.3 is 6.09 Å². The minimum Gasteiger partial charge on any atom is -0.450 e. The molecule has 0 bridgehead atoms. The van der Waals surface area contributed by atoms with Crippen LogP contribution in [0.15, 0.2) is 0 Å². The van der Waals surface area contributed by atoms with Gasteiger partial charge in [0.05, 0.1) is 12.7 Å². The Hall–Kier alpha value is -0.540. The van der Waals surface area contributed by atoms with Gasteiger partial charge in [0.2, 0.25) is 7.37 Å². The lowest BCUT2D eigenvalue weighted by Crippen LogP contribution is -2.34. The van der Waals surface area contributed by atoms with Crippen LogP contribution in [0.1, 0.15) is 59.3 Å². The summed E-state index contributed by atoms with van der Waals surface area (Å²) in [5.41, 5.74) is 0. The molecule has 1 fully saturated rings. The number of carbonyl (C=O) groups is 1. The maximum atomic E-state index is 12.5. The molecule has 124 valence electrons. The number of nitrogens with one attached hydrogen (secondary N) is 1. The fourth-order valence-electron chi connectivity index (χ4n) is 2.58. The fourth-order valence-corrected chi connectivity index (χ4v) is 4.57. The first-order valence-corrected chi connectivity index (χ1v) is 10.2. The van der Waals surface area contributed by atoms with Gasteiger partial charge in [0, 0.05) is 18.4 Å². The second-order valence-electron chi connectivity index (χ2n) is 5.73. The van der Waals surface area contributed by atoms with Gasteiger partial charge in [-0.2, -0.15) is 0 Å². The molecule has 1 amide bonds. The van der Waals surface area contributed by atoms with E-state index >= 15 is 0 Å². The lowest BCUT2D eigenvalue weighted by atomic mass is 10.2. The molecule has 0 aromatic rings. The van der Waals surface area contributed by atoms with E-state index in [0.717, 1.165) is 38.5 Å². The monoisotopic (exact) mass is 319 g/mol. The maximum Gasteiger partial charge on any atom is 0.407 e. The Bertz CT molecular complexity index is 362. The van der Waals surface area contributed by atoms with Crippen molar-refractivity contribution in [3.05, 3.63) is 0 Å². The molecule has 5 nitrogen and oxygen atoms in total. The van der Waals surface area contributed by atoms with Gasteiger partial charge in [-0.3, -0.25) is 4.57 Å². The zero-order valence-corrected chi connectivity index (χ0v) is 14.5. The van der Waals surface area contributed by atoms with Gasteiger partial charge in [-0.1, -0.05) is 27.2 Å². The fraction of sp³-hybridized carbons (Fsp3) is 0.933. The first kappa shape index (κ1) is 18.5. The molecular formula is C15H30NO4P. The number of ether oxygens (including phenoxy) is 1. The SMILES string of the molecule is CCCCOC(=O)NC1CCC(OP(=O)(CC)CCC)C1. The molecule has 1 aliphatic carbocycles. The number of hydrogen-bond acceptors (Lipinski definition) is 4. The second kappa shape index (κ2) is 9.47. The van der Waals surface area contributed by atoms with Crippen molar-refractivity contribution in [1.82, 2.24) is 5.32 Å². The number of unbranched alkanes of at least 4 members (excludes halogenated alkanes) is 1. The average Bonchev–Trinajstić information content (AvgIpc) is 2.86. The van der Waals surface area contributed by atoms with Crippen LogP contribution in [0.25, 0.3) is 0 Å². The predicted octanol–water partition coefficient (Wildman–Crippen LogP) is 4.16. The minimum absolute atomic E-state index is 0.00303. The molecule has 0 aliphatic heterocycles. The van der Waals surface area contributed by atoms with Crippen LogP contribution in [-0.2, 0) is 13.8 Å². The van der Waals surface area contributed by atoms with Gasteiger partial charge in [0.15, 0.2) is 0 Å². The Labute approximate surface area is 128 Å². The normalized spacial score (nSPS) is 24.5. The number of amides is 1. The van der Waals surface area contributed by atoms with Crippen molar-refractivity contribution in [3.8, 4) is 0 Å². The summed E-state index contributed by atoms with van der Waals surface area (Å²) in [5, 5.41) is 2.87. The van der Waals surface area contributed by atoms with E-state index < -0.39 is 7.37 Å². The molecule has 3 atom stereocenters. The third kappa shape index (κ3) is 6.84. The highest BCUT2D eigenvalue weighted by molar-refractivity contribution is 7.58. The number of carbonyl (C=O) groups excluding carboxylic acids is 1. The van der Waals surface area contributed by atoms with Gasteiger partial charge in [0.1, 0.15) is 0 Å². The lowest BCUT2D eigenvalue weighted by Gasteiger charge is -2.21. The number of alkyl carbamates (subject to hydrolysis) is 1. The molecule has 6 heteroatoms. The van der Waals surface area contributed by atoms with E-state index in [1.165, 1.54) is 0 Å². The third-order valence-corrected chi connectivity index (χ3v) is 6.60. The van der Waals surface area contributed by atoms with Gasteiger partial charge in [-0.15, -0.1) is 0 Å². The van der Waals surface area contributed by atoms with Crippen LogP contribution in [0.5, 0.6) is 0 Å². The quantitative estimate of drug-likeness (QED) is 0.512. The van der Waals surface area contributed by atoms with Crippen LogP contribution < -0.4 is 5.32 Å². The molecular weight excluding hydrogens is 289 g/mol. The van der Waals surface area contributed by atoms with Gasteiger partial charge < -0.3 is 14.6 Å². The Morgan fingerprint density at radius 2 is 2.00 bits per heavy atom. The van der Waals surface area contributed by atoms with Gasteiger partial charge in [-0.05, 0) is 32.1 Å². The lowest BCUT2D eigenvalue weighted by molar-refractivity contribution is 0.139. The standard InChI is InChI=1S/C15H30NO4P/c1-4-7-10-19-15(17)16-13-8-9-14(12-13)20-21(18,6-3)11-5-2/h13-14H,4-12H2,1-3H3,(H,16,17). The van der Waals surface area contributed by atoms with E-state index in [1.54, 1.807) is 0 Å². The first-order chi connectivity index (χ1) is 10.0.